The van der Waals surface area contributed by atoms with Crippen LogP contribution in [0, 0.1) is 6.92 Å². The van der Waals surface area contributed by atoms with Crippen LogP contribution in [0.1, 0.15) is 36.8 Å². The Balaban J connectivity index is 1.94. The molecule has 194 valence electrons. The largest absolute Gasteiger partial charge is 0.507 e. The number of rotatable bonds is 8. The fraction of sp³-hybridized carbons (Fsp3) is 0.296. The van der Waals surface area contributed by atoms with Gasteiger partial charge in [0.2, 0.25) is 5.75 Å². The number of hydrogen-bond donors (Lipinski definition) is 1. The van der Waals surface area contributed by atoms with Crippen LogP contribution in [0.5, 0.6) is 23.0 Å². The molecule has 4 rings (SSSR count). The summed E-state index contributed by atoms with van der Waals surface area (Å²) >= 11 is 0. The van der Waals surface area contributed by atoms with Crippen molar-refractivity contribution in [3.05, 3.63) is 64.9 Å². The van der Waals surface area contributed by atoms with E-state index >= 15 is 0 Å². The minimum absolute atomic E-state index is 0.0317. The predicted molar refractivity (Wildman–Crippen MR) is 134 cm³/mol. The van der Waals surface area contributed by atoms with E-state index in [1.807, 2.05) is 13.8 Å². The molecule has 1 amide bonds. The van der Waals surface area contributed by atoms with Gasteiger partial charge in [0.05, 0.1) is 39.0 Å². The van der Waals surface area contributed by atoms with E-state index in [4.69, 9.17) is 23.5 Å². The second-order valence-electron chi connectivity index (χ2n) is 8.61. The zero-order valence-electron chi connectivity index (χ0n) is 21.4. The molecule has 10 heteroatoms. The Morgan fingerprint density at radius 1 is 1.00 bits per heavy atom. The molecule has 1 N–H and O–H groups in total. The van der Waals surface area contributed by atoms with Gasteiger partial charge in [-0.05, 0) is 62.7 Å². The lowest BCUT2D eigenvalue weighted by Crippen LogP contribution is -2.29. The molecule has 1 aliphatic heterocycles. The van der Waals surface area contributed by atoms with Gasteiger partial charge < -0.3 is 28.6 Å². The molecule has 0 aliphatic carbocycles. The van der Waals surface area contributed by atoms with Gasteiger partial charge in [0.25, 0.3) is 5.78 Å². The van der Waals surface area contributed by atoms with Gasteiger partial charge in [-0.3, -0.25) is 14.5 Å². The second-order valence-corrected chi connectivity index (χ2v) is 8.61. The number of carbonyl (C=O) groups is 2. The van der Waals surface area contributed by atoms with Gasteiger partial charge in [-0.15, -0.1) is 0 Å². The van der Waals surface area contributed by atoms with Gasteiger partial charge in [-0.25, -0.2) is 0 Å². The number of ether oxygens (including phenoxy) is 4. The number of aromatic nitrogens is 1. The molecule has 2 aromatic carbocycles. The minimum Gasteiger partial charge on any atom is -0.507 e. The summed E-state index contributed by atoms with van der Waals surface area (Å²) in [5.41, 5.74) is 0.635. The number of aryl methyl sites for hydroxylation is 1. The molecular weight excluding hydrogens is 480 g/mol. The Morgan fingerprint density at radius 3 is 2.11 bits per heavy atom. The molecule has 1 atom stereocenters. The first-order valence-corrected chi connectivity index (χ1v) is 11.5. The molecule has 0 radical (unpaired) electrons. The van der Waals surface area contributed by atoms with E-state index in [0.29, 0.717) is 39.9 Å². The number of methoxy groups -OCH3 is 3. The van der Waals surface area contributed by atoms with E-state index in [1.165, 1.54) is 32.3 Å². The summed E-state index contributed by atoms with van der Waals surface area (Å²) in [5, 5.41) is 15.3. The summed E-state index contributed by atoms with van der Waals surface area (Å²) in [6, 6.07) is 10.3. The van der Waals surface area contributed by atoms with Crippen LogP contribution >= 0.6 is 0 Å². The first-order valence-electron chi connectivity index (χ1n) is 11.5. The molecule has 3 aromatic rings. The Bertz CT molecular complexity index is 1330. The predicted octanol–water partition coefficient (Wildman–Crippen LogP) is 4.42. The number of benzene rings is 2. The molecule has 0 unspecified atom stereocenters. The maximum Gasteiger partial charge on any atom is 0.301 e. The highest BCUT2D eigenvalue weighted by Crippen LogP contribution is 2.47. The lowest BCUT2D eigenvalue weighted by Gasteiger charge is -2.24. The zero-order valence-corrected chi connectivity index (χ0v) is 21.4. The first-order chi connectivity index (χ1) is 17.7. The van der Waals surface area contributed by atoms with Crippen LogP contribution in [-0.4, -0.2) is 49.4 Å². The number of aliphatic hydroxyl groups is 1. The van der Waals surface area contributed by atoms with Crippen LogP contribution in [0.3, 0.4) is 0 Å². The van der Waals surface area contributed by atoms with Gasteiger partial charge in [-0.1, -0.05) is 5.16 Å². The molecule has 0 saturated carbocycles. The number of carbonyl (C=O) groups excluding carboxylic acids is 2. The van der Waals surface area contributed by atoms with Crippen LogP contribution in [-0.2, 0) is 9.59 Å². The molecule has 37 heavy (non-hydrogen) atoms. The summed E-state index contributed by atoms with van der Waals surface area (Å²) in [4.78, 5) is 27.8. The minimum atomic E-state index is -1.07. The van der Waals surface area contributed by atoms with E-state index in [2.05, 4.69) is 5.16 Å². The second kappa shape index (κ2) is 10.3. The lowest BCUT2D eigenvalue weighted by molar-refractivity contribution is -0.132. The number of aliphatic hydroxyl groups excluding tert-OH is 1. The summed E-state index contributed by atoms with van der Waals surface area (Å²) < 4.78 is 27.2. The van der Waals surface area contributed by atoms with Crippen LogP contribution in [0.15, 0.2) is 52.6 Å². The quantitative estimate of drug-likeness (QED) is 0.268. The van der Waals surface area contributed by atoms with Crippen LogP contribution in [0.4, 0.5) is 5.82 Å². The van der Waals surface area contributed by atoms with Crippen molar-refractivity contribution in [2.45, 2.75) is 32.9 Å². The normalized spacial score (nSPS) is 16.8. The fourth-order valence-electron chi connectivity index (χ4n) is 4.23. The van der Waals surface area contributed by atoms with Crippen LogP contribution in [0.2, 0.25) is 0 Å². The first kappa shape index (κ1) is 25.6. The summed E-state index contributed by atoms with van der Waals surface area (Å²) in [5.74, 6) is 0.0425. The molecule has 0 spiro atoms. The summed E-state index contributed by atoms with van der Waals surface area (Å²) in [7, 11) is 4.39. The SMILES string of the molecule is COc1cc([C@@H]2C(=C(O)c3ccc(OC(C)C)cc3)C(=O)C(=O)N2c2cc(C)on2)cc(OC)c1OC. The summed E-state index contributed by atoms with van der Waals surface area (Å²) in [6.07, 6.45) is -0.0317. The number of ketones is 1. The van der Waals surface area contributed by atoms with E-state index < -0.39 is 17.7 Å². The number of hydrogen-bond acceptors (Lipinski definition) is 9. The Morgan fingerprint density at radius 2 is 1.62 bits per heavy atom. The maximum atomic E-state index is 13.4. The standard InChI is InChI=1S/C27H28N2O8/c1-14(2)36-18-9-7-16(8-10-18)24(30)22-23(17-12-19(33-4)26(35-6)20(13-17)34-5)29(27(32)25(22)31)21-11-15(3)37-28-21/h7-14,23,30H,1-6H3/t23-/m1/s1. The maximum absolute atomic E-state index is 13.4. The molecule has 1 fully saturated rings. The molecule has 2 heterocycles. The van der Waals surface area contributed by atoms with Gasteiger partial charge in [0.1, 0.15) is 17.3 Å². The highest BCUT2D eigenvalue weighted by atomic mass is 16.5. The molecule has 1 aromatic heterocycles. The van der Waals surface area contributed by atoms with Crippen molar-refractivity contribution in [2.24, 2.45) is 0 Å². The van der Waals surface area contributed by atoms with Crippen molar-refractivity contribution in [1.82, 2.24) is 5.16 Å². The van der Waals surface area contributed by atoms with E-state index in [-0.39, 0.29) is 23.3 Å². The van der Waals surface area contributed by atoms with Crippen molar-refractivity contribution in [3.8, 4) is 23.0 Å². The van der Waals surface area contributed by atoms with Crippen LogP contribution < -0.4 is 23.8 Å². The average Bonchev–Trinajstić information content (AvgIpc) is 3.42. The monoisotopic (exact) mass is 508 g/mol. The van der Waals surface area contributed by atoms with Gasteiger partial charge in [-0.2, -0.15) is 0 Å². The van der Waals surface area contributed by atoms with Crippen molar-refractivity contribution < 1.29 is 38.2 Å². The molecule has 1 aliphatic rings. The van der Waals surface area contributed by atoms with Crippen molar-refractivity contribution in [2.75, 3.05) is 26.2 Å². The Kier molecular flexibility index (Phi) is 7.10. The highest BCUT2D eigenvalue weighted by Gasteiger charge is 2.48. The topological polar surface area (TPSA) is 121 Å². The molecule has 10 nitrogen and oxygen atoms in total. The van der Waals surface area contributed by atoms with E-state index in [0.717, 1.165) is 0 Å². The van der Waals surface area contributed by atoms with Gasteiger partial charge in [0.15, 0.2) is 17.3 Å². The Hall–Kier alpha value is -4.47. The Labute approximate surface area is 214 Å². The molecule has 1 saturated heterocycles. The van der Waals surface area contributed by atoms with Gasteiger partial charge >= 0.3 is 5.91 Å². The number of amides is 1. The van der Waals surface area contributed by atoms with Crippen molar-refractivity contribution in [1.29, 1.82) is 0 Å². The smallest absolute Gasteiger partial charge is 0.301 e. The number of nitrogens with zero attached hydrogens (tertiary/aromatic N) is 2. The average molecular weight is 509 g/mol. The third-order valence-electron chi connectivity index (χ3n) is 5.81. The van der Waals surface area contributed by atoms with E-state index in [1.54, 1.807) is 43.3 Å². The molecule has 0 bridgehead atoms. The highest BCUT2D eigenvalue weighted by molar-refractivity contribution is 6.51. The van der Waals surface area contributed by atoms with Crippen LogP contribution in [0.25, 0.3) is 5.76 Å². The third kappa shape index (κ3) is 4.69. The van der Waals surface area contributed by atoms with Crippen molar-refractivity contribution >= 4 is 23.3 Å². The van der Waals surface area contributed by atoms with E-state index in [9.17, 15) is 14.7 Å². The third-order valence-corrected chi connectivity index (χ3v) is 5.81. The van der Waals surface area contributed by atoms with Gasteiger partial charge in [0, 0.05) is 11.6 Å². The zero-order chi connectivity index (χ0) is 26.9. The summed E-state index contributed by atoms with van der Waals surface area (Å²) in [6.45, 7) is 5.47. The number of Topliss-reactive ketones (excluding diaryl/α,β-unsaturated/α-hetero) is 1. The van der Waals surface area contributed by atoms with Crippen molar-refractivity contribution in [3.63, 3.8) is 0 Å². The fourth-order valence-corrected chi connectivity index (χ4v) is 4.23. The lowest BCUT2D eigenvalue weighted by atomic mass is 9.94. The number of anilines is 1. The molecular formula is C27H28N2O8.